The Bertz CT molecular complexity index is 1740. The zero-order valence-corrected chi connectivity index (χ0v) is 31.3. The van der Waals surface area contributed by atoms with E-state index in [1.54, 1.807) is 20.3 Å². The van der Waals surface area contributed by atoms with Gasteiger partial charge in [-0.1, -0.05) is 69.6 Å². The van der Waals surface area contributed by atoms with Gasteiger partial charge in [0.25, 0.3) is 5.91 Å². The van der Waals surface area contributed by atoms with Crippen LogP contribution in [0, 0.1) is 18.3 Å². The lowest BCUT2D eigenvalue weighted by atomic mass is 9.85. The molecule has 0 unspecified atom stereocenters. The molecule has 1 saturated carbocycles. The Hall–Kier alpha value is -4.94. The number of ketones is 1. The highest BCUT2D eigenvalue weighted by molar-refractivity contribution is 6.38. The molecule has 2 heterocycles. The van der Waals surface area contributed by atoms with Crippen LogP contribution in [0.5, 0.6) is 11.5 Å². The van der Waals surface area contributed by atoms with Gasteiger partial charge in [0.2, 0.25) is 23.5 Å². The first-order valence-corrected chi connectivity index (χ1v) is 17.9. The fraction of sp³-hybridized carbons (Fsp3) is 0.538. The van der Waals surface area contributed by atoms with Crippen LogP contribution in [-0.4, -0.2) is 91.6 Å². The maximum Gasteiger partial charge on any atom is 0.289 e. The molecule has 0 aromatic heterocycles. The molecule has 2 aromatic rings. The van der Waals surface area contributed by atoms with E-state index in [1.165, 1.54) is 11.9 Å². The Balaban J connectivity index is 1.44. The number of ether oxygens (including phenoxy) is 2. The van der Waals surface area contributed by atoms with Crippen LogP contribution in [0.1, 0.15) is 82.4 Å². The molecule has 13 nitrogen and oxygen atoms in total. The third-order valence-corrected chi connectivity index (χ3v) is 10.3. The highest BCUT2D eigenvalue weighted by Crippen LogP contribution is 2.48. The molecule has 1 aliphatic carbocycles. The Kier molecular flexibility index (Phi) is 11.3. The standard InChI is InChI=1S/C39H51N5O8/c1-9-13-27(32(45)36(48)40-6)41-35(47)29-20-39(19-28(43-52-39)26-16-22(2)30(50-7)18-31(26)51-8)21-44(29)37(49)33(38(3,4)5)42-34(46)25-17-24(25)23-14-11-10-12-15-23/h10-12,14-16,18,24-25,27,29,33H,9,13,17,19-21H2,1-8H3,(H,40,48)(H,41,47)(H,42,46)/t24-,25+,27-,29-,33+,39+/m0/s1. The number of methoxy groups -OCH3 is 2. The second-order valence-electron chi connectivity index (χ2n) is 15.2. The predicted octanol–water partition coefficient (Wildman–Crippen LogP) is 3.41. The van der Waals surface area contributed by atoms with E-state index < -0.39 is 52.6 Å². The van der Waals surface area contributed by atoms with E-state index in [9.17, 15) is 24.0 Å². The molecular weight excluding hydrogens is 666 g/mol. The van der Waals surface area contributed by atoms with Crippen LogP contribution < -0.4 is 25.4 Å². The number of amides is 4. The number of nitrogens with zero attached hydrogens (tertiary/aromatic N) is 2. The van der Waals surface area contributed by atoms with Crippen molar-refractivity contribution in [2.24, 2.45) is 16.5 Å². The largest absolute Gasteiger partial charge is 0.496 e. The van der Waals surface area contributed by atoms with Crippen LogP contribution in [0.15, 0.2) is 47.6 Å². The summed E-state index contributed by atoms with van der Waals surface area (Å²) >= 11 is 0. The molecule has 2 aliphatic heterocycles. The number of oxime groups is 1. The fourth-order valence-electron chi connectivity index (χ4n) is 7.28. The average molecular weight is 718 g/mol. The topological polar surface area (TPSA) is 165 Å². The van der Waals surface area contributed by atoms with Gasteiger partial charge in [0, 0.05) is 37.4 Å². The summed E-state index contributed by atoms with van der Waals surface area (Å²) in [6, 6.07) is 10.3. The maximum atomic E-state index is 14.7. The van der Waals surface area contributed by atoms with Gasteiger partial charge in [0.15, 0.2) is 5.60 Å². The number of likely N-dealkylation sites (N-methyl/N-ethyl adjacent to an activating group) is 1. The number of carbonyl (C=O) groups is 5. The lowest BCUT2D eigenvalue weighted by Crippen LogP contribution is -2.59. The Morgan fingerprint density at radius 2 is 1.71 bits per heavy atom. The Morgan fingerprint density at radius 3 is 2.33 bits per heavy atom. The number of hydrogen-bond donors (Lipinski definition) is 3. The molecule has 1 saturated heterocycles. The van der Waals surface area contributed by atoms with Gasteiger partial charge in [-0.2, -0.15) is 0 Å². The fourth-order valence-corrected chi connectivity index (χ4v) is 7.28. The van der Waals surface area contributed by atoms with Crippen molar-refractivity contribution >= 4 is 35.1 Å². The molecule has 3 aliphatic rings. The van der Waals surface area contributed by atoms with Crippen molar-refractivity contribution in [3.8, 4) is 11.5 Å². The summed E-state index contributed by atoms with van der Waals surface area (Å²) < 4.78 is 11.1. The van der Waals surface area contributed by atoms with Gasteiger partial charge in [0.1, 0.15) is 23.6 Å². The number of benzene rings is 2. The highest BCUT2D eigenvalue weighted by Gasteiger charge is 2.56. The van der Waals surface area contributed by atoms with E-state index in [1.807, 2.05) is 71.0 Å². The molecule has 6 atom stereocenters. The summed E-state index contributed by atoms with van der Waals surface area (Å²) in [6.07, 6.45) is 1.75. The van der Waals surface area contributed by atoms with Crippen molar-refractivity contribution in [2.75, 3.05) is 27.8 Å². The molecule has 4 amide bonds. The molecule has 0 radical (unpaired) electrons. The van der Waals surface area contributed by atoms with Crippen LogP contribution >= 0.6 is 0 Å². The van der Waals surface area contributed by atoms with E-state index in [2.05, 4.69) is 21.1 Å². The molecule has 5 rings (SSSR count). The molecule has 3 N–H and O–H groups in total. The smallest absolute Gasteiger partial charge is 0.289 e. The summed E-state index contributed by atoms with van der Waals surface area (Å²) in [7, 11) is 4.48. The van der Waals surface area contributed by atoms with Crippen molar-refractivity contribution < 1.29 is 38.3 Å². The van der Waals surface area contributed by atoms with Gasteiger partial charge >= 0.3 is 0 Å². The van der Waals surface area contributed by atoms with E-state index in [0.29, 0.717) is 35.6 Å². The number of likely N-dealkylation sites (tertiary alicyclic amines) is 1. The van der Waals surface area contributed by atoms with E-state index in [4.69, 9.17) is 14.3 Å². The first kappa shape index (κ1) is 38.3. The van der Waals surface area contributed by atoms with Crippen molar-refractivity contribution in [2.45, 2.75) is 96.4 Å². The monoisotopic (exact) mass is 717 g/mol. The molecule has 13 heteroatoms. The number of carbonyl (C=O) groups excluding carboxylic acids is 5. The highest BCUT2D eigenvalue weighted by atomic mass is 16.7. The third kappa shape index (κ3) is 7.93. The minimum atomic E-state index is -1.09. The van der Waals surface area contributed by atoms with Gasteiger partial charge in [-0.15, -0.1) is 0 Å². The molecule has 280 valence electrons. The summed E-state index contributed by atoms with van der Waals surface area (Å²) in [5.74, 6) is -1.89. The molecule has 0 bridgehead atoms. The average Bonchev–Trinajstić information content (AvgIpc) is 3.70. The van der Waals surface area contributed by atoms with Crippen molar-refractivity contribution in [1.29, 1.82) is 0 Å². The van der Waals surface area contributed by atoms with Gasteiger partial charge in [-0.3, -0.25) is 24.0 Å². The minimum absolute atomic E-state index is 0.00523. The van der Waals surface area contributed by atoms with Crippen LogP contribution in [0.25, 0.3) is 0 Å². The summed E-state index contributed by atoms with van der Waals surface area (Å²) in [4.78, 5) is 75.4. The lowest BCUT2D eigenvalue weighted by molar-refractivity contribution is -0.145. The number of hydrogen-bond acceptors (Lipinski definition) is 9. The number of nitrogens with one attached hydrogen (secondary N) is 3. The van der Waals surface area contributed by atoms with E-state index >= 15 is 0 Å². The maximum absolute atomic E-state index is 14.7. The first-order chi connectivity index (χ1) is 24.7. The van der Waals surface area contributed by atoms with Gasteiger partial charge < -0.3 is 35.2 Å². The van der Waals surface area contributed by atoms with Gasteiger partial charge in [-0.25, -0.2) is 0 Å². The second kappa shape index (κ2) is 15.3. The first-order valence-electron chi connectivity index (χ1n) is 17.9. The SMILES string of the molecule is CCC[C@H](NC(=O)[C@@H]1C[C@]2(CC(c3cc(C)c(OC)cc3OC)=NO2)CN1C(=O)[C@@H](NC(=O)[C@@H]1C[C@H]1c1ccccc1)C(C)(C)C)C(=O)C(=O)NC. The van der Waals surface area contributed by atoms with Crippen LogP contribution in [0.4, 0.5) is 0 Å². The van der Waals surface area contributed by atoms with Crippen molar-refractivity contribution in [3.05, 3.63) is 59.2 Å². The molecule has 2 aromatic carbocycles. The third-order valence-electron chi connectivity index (χ3n) is 10.3. The summed E-state index contributed by atoms with van der Waals surface area (Å²) in [5.41, 5.74) is 1.39. The van der Waals surface area contributed by atoms with Crippen molar-refractivity contribution in [3.63, 3.8) is 0 Å². The van der Waals surface area contributed by atoms with E-state index in [0.717, 1.165) is 11.1 Å². The Morgan fingerprint density at radius 1 is 1.02 bits per heavy atom. The molecule has 52 heavy (non-hydrogen) atoms. The predicted molar refractivity (Wildman–Crippen MR) is 194 cm³/mol. The zero-order chi connectivity index (χ0) is 38.0. The number of aryl methyl sites for hydroxylation is 1. The van der Waals surface area contributed by atoms with Crippen LogP contribution in [0.2, 0.25) is 0 Å². The Labute approximate surface area is 305 Å². The van der Waals surface area contributed by atoms with Gasteiger partial charge in [-0.05, 0) is 48.3 Å². The molecule has 2 fully saturated rings. The second-order valence-corrected chi connectivity index (χ2v) is 15.2. The normalized spacial score (nSPS) is 23.2. The van der Waals surface area contributed by atoms with Crippen molar-refractivity contribution in [1.82, 2.24) is 20.9 Å². The lowest BCUT2D eigenvalue weighted by Gasteiger charge is -2.35. The van der Waals surface area contributed by atoms with Gasteiger partial charge in [0.05, 0.1) is 32.5 Å². The summed E-state index contributed by atoms with van der Waals surface area (Å²) in [6.45, 7) is 9.34. The minimum Gasteiger partial charge on any atom is -0.496 e. The summed E-state index contributed by atoms with van der Waals surface area (Å²) in [5, 5.41) is 12.6. The zero-order valence-electron chi connectivity index (χ0n) is 31.3. The number of rotatable bonds is 13. The molecular formula is C39H51N5O8. The number of Topliss-reactive ketones (excluding diaryl/α,β-unsaturated/α-hetero) is 1. The van der Waals surface area contributed by atoms with Crippen LogP contribution in [0.3, 0.4) is 0 Å². The quantitative estimate of drug-likeness (QED) is 0.266. The molecule has 1 spiro atoms. The van der Waals surface area contributed by atoms with Crippen LogP contribution in [-0.2, 0) is 28.8 Å². The van der Waals surface area contributed by atoms with E-state index in [-0.39, 0.29) is 43.6 Å².